The fourth-order valence-corrected chi connectivity index (χ4v) is 3.98. The summed E-state index contributed by atoms with van der Waals surface area (Å²) in [6.45, 7) is 8.46. The minimum Gasteiger partial charge on any atom is -0.494 e. The Balaban J connectivity index is 1.94. The van der Waals surface area contributed by atoms with Crippen LogP contribution in [0.15, 0.2) is 42.5 Å². The van der Waals surface area contributed by atoms with E-state index in [1.165, 1.54) is 31.4 Å². The van der Waals surface area contributed by atoms with Crippen LogP contribution in [-0.4, -0.2) is 31.2 Å². The van der Waals surface area contributed by atoms with Gasteiger partial charge in [-0.25, -0.2) is 18.6 Å². The molecule has 1 saturated heterocycles. The maximum atomic E-state index is 14.5. The van der Waals surface area contributed by atoms with Crippen molar-refractivity contribution in [3.05, 3.63) is 71.1 Å². The minimum atomic E-state index is -0.691. The van der Waals surface area contributed by atoms with Crippen molar-refractivity contribution in [2.75, 3.05) is 25.1 Å². The van der Waals surface area contributed by atoms with E-state index in [9.17, 15) is 14.0 Å². The summed E-state index contributed by atoms with van der Waals surface area (Å²) >= 11 is 0. The van der Waals surface area contributed by atoms with Gasteiger partial charge in [-0.1, -0.05) is 18.2 Å². The SMILES string of the molecule is [C-]#[N+]c1ccc(-c2nc(N3CCC(N)CC3)cc(C#N)c2-c2ccc(OC)c(F)c2)cc1F. The van der Waals surface area contributed by atoms with E-state index in [1.807, 2.05) is 4.90 Å². The summed E-state index contributed by atoms with van der Waals surface area (Å²) in [7, 11) is 1.37. The fourth-order valence-electron chi connectivity index (χ4n) is 3.98. The van der Waals surface area contributed by atoms with E-state index in [1.54, 1.807) is 18.2 Å². The quantitative estimate of drug-likeness (QED) is 0.569. The molecular weight excluding hydrogens is 424 g/mol. The van der Waals surface area contributed by atoms with E-state index in [0.29, 0.717) is 41.3 Å². The Morgan fingerprint density at radius 1 is 1.12 bits per heavy atom. The second-order valence-electron chi connectivity index (χ2n) is 7.82. The molecule has 0 saturated carbocycles. The molecule has 33 heavy (non-hydrogen) atoms. The van der Waals surface area contributed by atoms with E-state index in [4.69, 9.17) is 22.0 Å². The van der Waals surface area contributed by atoms with Crippen LogP contribution < -0.4 is 15.4 Å². The number of nitriles is 1. The largest absolute Gasteiger partial charge is 0.494 e. The van der Waals surface area contributed by atoms with E-state index in [-0.39, 0.29) is 23.0 Å². The number of nitrogens with zero attached hydrogens (tertiary/aromatic N) is 4. The molecule has 1 aromatic heterocycles. The summed E-state index contributed by atoms with van der Waals surface area (Å²) < 4.78 is 34.0. The third kappa shape index (κ3) is 4.34. The molecule has 4 rings (SSSR count). The van der Waals surface area contributed by atoms with Crippen LogP contribution in [0.4, 0.5) is 20.3 Å². The zero-order chi connectivity index (χ0) is 23.5. The maximum absolute atomic E-state index is 14.5. The van der Waals surface area contributed by atoms with Crippen molar-refractivity contribution >= 4 is 11.5 Å². The maximum Gasteiger partial charge on any atom is 0.222 e. The topological polar surface area (TPSA) is 79.5 Å². The first kappa shape index (κ1) is 22.2. The van der Waals surface area contributed by atoms with Crippen molar-refractivity contribution in [2.24, 2.45) is 5.73 Å². The highest BCUT2D eigenvalue weighted by Gasteiger charge is 2.23. The predicted octanol–water partition coefficient (Wildman–Crippen LogP) is 5.05. The van der Waals surface area contributed by atoms with Crippen molar-refractivity contribution in [1.82, 2.24) is 4.98 Å². The number of ether oxygens (including phenoxy) is 1. The van der Waals surface area contributed by atoms with Crippen LogP contribution in [0, 0.1) is 29.5 Å². The van der Waals surface area contributed by atoms with Crippen molar-refractivity contribution in [3.63, 3.8) is 0 Å². The molecule has 0 radical (unpaired) electrons. The van der Waals surface area contributed by atoms with Gasteiger partial charge in [-0.15, -0.1) is 0 Å². The number of hydrogen-bond acceptors (Lipinski definition) is 5. The van der Waals surface area contributed by atoms with Gasteiger partial charge in [0.25, 0.3) is 0 Å². The van der Waals surface area contributed by atoms with Gasteiger partial charge in [0.15, 0.2) is 11.6 Å². The van der Waals surface area contributed by atoms with Crippen LogP contribution in [0.1, 0.15) is 18.4 Å². The summed E-state index contributed by atoms with van der Waals surface area (Å²) in [5, 5.41) is 9.97. The van der Waals surface area contributed by atoms with Crippen LogP contribution in [0.5, 0.6) is 5.75 Å². The standard InChI is InChI=1S/C25H21F2N5O/c1-30-21-5-3-16(12-19(21)26)25-24(15-4-6-22(33-2)20(27)11-15)17(14-28)13-23(31-25)32-9-7-18(29)8-10-32/h3-6,11-13,18H,7-10,29H2,2H3. The fraction of sp³-hybridized carbons (Fsp3) is 0.240. The van der Waals surface area contributed by atoms with Crippen molar-refractivity contribution in [2.45, 2.75) is 18.9 Å². The van der Waals surface area contributed by atoms with Gasteiger partial charge in [0.05, 0.1) is 31.0 Å². The Labute approximate surface area is 190 Å². The Morgan fingerprint density at radius 2 is 1.82 bits per heavy atom. The van der Waals surface area contributed by atoms with E-state index in [2.05, 4.69) is 10.9 Å². The second-order valence-corrected chi connectivity index (χ2v) is 7.82. The molecule has 0 spiro atoms. The van der Waals surface area contributed by atoms with Crippen LogP contribution in [0.3, 0.4) is 0 Å². The van der Waals surface area contributed by atoms with E-state index >= 15 is 0 Å². The molecule has 166 valence electrons. The van der Waals surface area contributed by atoms with Crippen LogP contribution in [0.2, 0.25) is 0 Å². The first-order valence-electron chi connectivity index (χ1n) is 10.4. The Hall–Kier alpha value is -4.01. The first-order valence-corrected chi connectivity index (χ1v) is 10.4. The van der Waals surface area contributed by atoms with Gasteiger partial charge in [-0.2, -0.15) is 5.26 Å². The average Bonchev–Trinajstić information content (AvgIpc) is 2.83. The van der Waals surface area contributed by atoms with Gasteiger partial charge in [0, 0.05) is 30.3 Å². The molecule has 0 bridgehead atoms. The van der Waals surface area contributed by atoms with Gasteiger partial charge in [-0.3, -0.25) is 0 Å². The van der Waals surface area contributed by atoms with Gasteiger partial charge in [-0.05, 0) is 42.7 Å². The molecule has 0 atom stereocenters. The summed E-state index contributed by atoms with van der Waals surface area (Å²) in [6, 6.07) is 12.5. The summed E-state index contributed by atoms with van der Waals surface area (Å²) in [4.78, 5) is 9.99. The zero-order valence-electron chi connectivity index (χ0n) is 18.0. The number of methoxy groups -OCH3 is 1. The van der Waals surface area contributed by atoms with Gasteiger partial charge < -0.3 is 15.4 Å². The smallest absolute Gasteiger partial charge is 0.222 e. The normalized spacial score (nSPS) is 13.9. The molecular formula is C25H21F2N5O. The molecule has 2 aromatic carbocycles. The number of rotatable bonds is 4. The van der Waals surface area contributed by atoms with Crippen LogP contribution >= 0.6 is 0 Å². The molecule has 0 amide bonds. The third-order valence-corrected chi connectivity index (χ3v) is 5.77. The number of halogens is 2. The van der Waals surface area contributed by atoms with Gasteiger partial charge >= 0.3 is 0 Å². The predicted molar refractivity (Wildman–Crippen MR) is 122 cm³/mol. The summed E-state index contributed by atoms with van der Waals surface area (Å²) in [5.74, 6) is -0.640. The number of hydrogen-bond donors (Lipinski definition) is 1. The molecule has 2 heterocycles. The lowest BCUT2D eigenvalue weighted by molar-refractivity contribution is 0.386. The number of anilines is 1. The molecule has 1 aliphatic heterocycles. The number of pyridine rings is 1. The lowest BCUT2D eigenvalue weighted by atomic mass is 9.94. The average molecular weight is 445 g/mol. The van der Waals surface area contributed by atoms with E-state index in [0.717, 1.165) is 12.8 Å². The lowest BCUT2D eigenvalue weighted by Crippen LogP contribution is -2.40. The highest BCUT2D eigenvalue weighted by molar-refractivity contribution is 5.87. The third-order valence-electron chi connectivity index (χ3n) is 5.77. The minimum absolute atomic E-state index is 0.0699. The number of piperidine rings is 1. The molecule has 0 unspecified atom stereocenters. The molecule has 1 aliphatic rings. The molecule has 3 aromatic rings. The molecule has 0 aliphatic carbocycles. The molecule has 1 fully saturated rings. The summed E-state index contributed by atoms with van der Waals surface area (Å²) in [6.07, 6.45) is 1.58. The van der Waals surface area contributed by atoms with Crippen molar-refractivity contribution < 1.29 is 13.5 Å². The number of nitrogens with two attached hydrogens (primary N) is 1. The Morgan fingerprint density at radius 3 is 2.42 bits per heavy atom. The zero-order valence-corrected chi connectivity index (χ0v) is 18.0. The second kappa shape index (κ2) is 9.23. The Bertz CT molecular complexity index is 1290. The monoisotopic (exact) mass is 445 g/mol. The lowest BCUT2D eigenvalue weighted by Gasteiger charge is -2.31. The van der Waals surface area contributed by atoms with E-state index < -0.39 is 11.6 Å². The van der Waals surface area contributed by atoms with Crippen LogP contribution in [-0.2, 0) is 0 Å². The van der Waals surface area contributed by atoms with Crippen LogP contribution in [0.25, 0.3) is 27.2 Å². The molecule has 8 heteroatoms. The van der Waals surface area contributed by atoms with Gasteiger partial charge in [0.2, 0.25) is 5.69 Å². The van der Waals surface area contributed by atoms with Gasteiger partial charge in [0.1, 0.15) is 11.6 Å². The van der Waals surface area contributed by atoms with Crippen molar-refractivity contribution in [3.8, 4) is 34.2 Å². The highest BCUT2D eigenvalue weighted by Crippen LogP contribution is 2.38. The first-order chi connectivity index (χ1) is 15.9. The highest BCUT2D eigenvalue weighted by atomic mass is 19.1. The summed E-state index contributed by atoms with van der Waals surface area (Å²) in [5.41, 5.74) is 7.70. The number of aromatic nitrogens is 1. The molecule has 6 nitrogen and oxygen atoms in total. The number of benzene rings is 2. The van der Waals surface area contributed by atoms with Crippen molar-refractivity contribution in [1.29, 1.82) is 5.26 Å². The molecule has 2 N–H and O–H groups in total. The Kier molecular flexibility index (Phi) is 6.21.